The highest BCUT2D eigenvalue weighted by atomic mass is 79.9. The van der Waals surface area contributed by atoms with Crippen molar-refractivity contribution in [1.82, 2.24) is 9.80 Å². The summed E-state index contributed by atoms with van der Waals surface area (Å²) in [5.74, 6) is 0.440. The molecule has 2 fully saturated rings. The number of hydrogen-bond acceptors (Lipinski definition) is 3. The van der Waals surface area contributed by atoms with E-state index in [1.807, 2.05) is 18.2 Å². The number of likely N-dealkylation sites (tertiary alicyclic amines) is 1. The van der Waals surface area contributed by atoms with E-state index in [4.69, 9.17) is 11.6 Å². The summed E-state index contributed by atoms with van der Waals surface area (Å²) in [7, 11) is 0. The smallest absolute Gasteiger partial charge is 0.227 e. The monoisotopic (exact) mass is 475 g/mol. The van der Waals surface area contributed by atoms with E-state index in [0.29, 0.717) is 5.91 Å². The highest BCUT2D eigenvalue weighted by molar-refractivity contribution is 9.10. The van der Waals surface area contributed by atoms with Crippen molar-refractivity contribution in [2.45, 2.75) is 19.4 Å². The molecule has 2 heterocycles. The molecule has 2 aliphatic heterocycles. The zero-order chi connectivity index (χ0) is 20.2. The first kappa shape index (κ1) is 20.7. The van der Waals surface area contributed by atoms with Gasteiger partial charge < -0.3 is 9.80 Å². The van der Waals surface area contributed by atoms with E-state index in [-0.39, 0.29) is 5.92 Å². The van der Waals surface area contributed by atoms with Crippen molar-refractivity contribution in [1.29, 1.82) is 0 Å². The van der Waals surface area contributed by atoms with Crippen LogP contribution in [0.5, 0.6) is 0 Å². The number of amides is 1. The number of hydrogen-bond donors (Lipinski definition) is 0. The standard InChI is InChI=1S/C23H27BrClN3O/c24-20-9-7-18(8-10-20)16-26-11-3-4-19(17-26)23(29)28-14-12-27(13-15-28)22-6-2-1-5-21(22)25/h1-2,5-10,19H,3-4,11-17H2. The quantitative estimate of drug-likeness (QED) is 0.642. The van der Waals surface area contributed by atoms with Gasteiger partial charge in [-0.3, -0.25) is 9.69 Å². The Hall–Kier alpha value is -1.56. The minimum atomic E-state index is 0.117. The number of carbonyl (C=O) groups excluding carboxylic acids is 1. The number of benzene rings is 2. The van der Waals surface area contributed by atoms with Crippen molar-refractivity contribution in [2.75, 3.05) is 44.2 Å². The summed E-state index contributed by atoms with van der Waals surface area (Å²) in [5.41, 5.74) is 2.37. The molecule has 0 bridgehead atoms. The summed E-state index contributed by atoms with van der Waals surface area (Å²) in [4.78, 5) is 19.9. The molecule has 154 valence electrons. The molecule has 0 aliphatic carbocycles. The van der Waals surface area contributed by atoms with Crippen molar-refractivity contribution in [3.05, 3.63) is 63.6 Å². The summed E-state index contributed by atoms with van der Waals surface area (Å²) in [6, 6.07) is 16.4. The zero-order valence-electron chi connectivity index (χ0n) is 16.6. The van der Waals surface area contributed by atoms with Crippen molar-refractivity contribution in [3.63, 3.8) is 0 Å². The van der Waals surface area contributed by atoms with E-state index < -0.39 is 0 Å². The van der Waals surface area contributed by atoms with Crippen LogP contribution in [0.25, 0.3) is 0 Å². The Labute approximate surface area is 186 Å². The average Bonchev–Trinajstić information content (AvgIpc) is 2.76. The molecule has 0 radical (unpaired) electrons. The van der Waals surface area contributed by atoms with Crippen LogP contribution in [0, 0.1) is 5.92 Å². The molecule has 4 nitrogen and oxygen atoms in total. The molecular weight excluding hydrogens is 450 g/mol. The minimum absolute atomic E-state index is 0.117. The van der Waals surface area contributed by atoms with E-state index in [0.717, 1.165) is 73.8 Å². The third kappa shape index (κ3) is 5.14. The summed E-state index contributed by atoms with van der Waals surface area (Å²) in [6.07, 6.45) is 2.09. The second-order valence-corrected chi connectivity index (χ2v) is 9.29. The molecule has 2 aliphatic rings. The Morgan fingerprint density at radius 2 is 1.72 bits per heavy atom. The first-order chi connectivity index (χ1) is 14.1. The summed E-state index contributed by atoms with van der Waals surface area (Å²) in [6.45, 7) is 6.06. The lowest BCUT2D eigenvalue weighted by Gasteiger charge is -2.40. The van der Waals surface area contributed by atoms with Crippen LogP contribution in [0.2, 0.25) is 5.02 Å². The van der Waals surface area contributed by atoms with Gasteiger partial charge in [-0.15, -0.1) is 0 Å². The molecule has 2 aromatic rings. The van der Waals surface area contributed by atoms with Crippen LogP contribution in [-0.4, -0.2) is 55.0 Å². The van der Waals surface area contributed by atoms with Gasteiger partial charge in [-0.2, -0.15) is 0 Å². The third-order valence-corrected chi connectivity index (χ3v) is 6.81. The van der Waals surface area contributed by atoms with Crippen LogP contribution >= 0.6 is 27.5 Å². The molecule has 0 aromatic heterocycles. The van der Waals surface area contributed by atoms with Crippen molar-refractivity contribution in [3.8, 4) is 0 Å². The van der Waals surface area contributed by atoms with Gasteiger partial charge in [0.1, 0.15) is 0 Å². The van der Waals surface area contributed by atoms with E-state index in [9.17, 15) is 4.79 Å². The molecular formula is C23H27BrClN3O. The van der Waals surface area contributed by atoms with Crippen LogP contribution in [0.15, 0.2) is 53.0 Å². The lowest BCUT2D eigenvalue weighted by Crippen LogP contribution is -2.52. The molecule has 1 atom stereocenters. The van der Waals surface area contributed by atoms with Gasteiger partial charge in [-0.1, -0.05) is 51.8 Å². The fraction of sp³-hybridized carbons (Fsp3) is 0.435. The summed E-state index contributed by atoms with van der Waals surface area (Å²) < 4.78 is 1.10. The highest BCUT2D eigenvalue weighted by Gasteiger charge is 2.31. The molecule has 29 heavy (non-hydrogen) atoms. The Balaban J connectivity index is 1.31. The second-order valence-electron chi connectivity index (χ2n) is 7.96. The molecule has 0 saturated carbocycles. The number of para-hydroxylation sites is 1. The minimum Gasteiger partial charge on any atom is -0.367 e. The zero-order valence-corrected chi connectivity index (χ0v) is 18.9. The maximum absolute atomic E-state index is 13.2. The first-order valence-corrected chi connectivity index (χ1v) is 11.5. The van der Waals surface area contributed by atoms with Gasteiger partial charge in [0.25, 0.3) is 0 Å². The number of nitrogens with zero attached hydrogens (tertiary/aromatic N) is 3. The highest BCUT2D eigenvalue weighted by Crippen LogP contribution is 2.27. The molecule has 1 amide bonds. The van der Waals surface area contributed by atoms with E-state index in [1.54, 1.807) is 0 Å². The van der Waals surface area contributed by atoms with Crippen molar-refractivity contribution in [2.24, 2.45) is 5.92 Å². The number of piperazine rings is 1. The van der Waals surface area contributed by atoms with Crippen LogP contribution in [0.3, 0.4) is 0 Å². The molecule has 4 rings (SSSR count). The number of piperidine rings is 1. The third-order valence-electron chi connectivity index (χ3n) is 5.96. The fourth-order valence-corrected chi connectivity index (χ4v) is 4.90. The molecule has 0 N–H and O–H groups in total. The molecule has 2 saturated heterocycles. The predicted octanol–water partition coefficient (Wildman–Crippen LogP) is 4.66. The van der Waals surface area contributed by atoms with Crippen molar-refractivity contribution < 1.29 is 4.79 Å². The van der Waals surface area contributed by atoms with Crippen LogP contribution in [0.4, 0.5) is 5.69 Å². The number of anilines is 1. The fourth-order valence-electron chi connectivity index (χ4n) is 4.38. The van der Waals surface area contributed by atoms with Crippen LogP contribution in [-0.2, 0) is 11.3 Å². The average molecular weight is 477 g/mol. The Kier molecular flexibility index (Phi) is 6.78. The largest absolute Gasteiger partial charge is 0.367 e. The lowest BCUT2D eigenvalue weighted by atomic mass is 9.95. The molecule has 0 spiro atoms. The van der Waals surface area contributed by atoms with E-state index >= 15 is 0 Å². The first-order valence-electron chi connectivity index (χ1n) is 10.4. The van der Waals surface area contributed by atoms with Crippen LogP contribution in [0.1, 0.15) is 18.4 Å². The van der Waals surface area contributed by atoms with Crippen LogP contribution < -0.4 is 4.90 Å². The number of rotatable bonds is 4. The summed E-state index contributed by atoms with van der Waals surface area (Å²) >= 11 is 9.83. The van der Waals surface area contributed by atoms with Gasteiger partial charge in [-0.05, 0) is 49.2 Å². The maximum Gasteiger partial charge on any atom is 0.227 e. The molecule has 6 heteroatoms. The SMILES string of the molecule is O=C(C1CCCN(Cc2ccc(Br)cc2)C1)N1CCN(c2ccccc2Cl)CC1. The summed E-state index contributed by atoms with van der Waals surface area (Å²) in [5, 5.41) is 0.781. The Bertz CT molecular complexity index is 836. The van der Waals surface area contributed by atoms with Crippen molar-refractivity contribution >= 4 is 39.1 Å². The van der Waals surface area contributed by atoms with E-state index in [1.165, 1.54) is 5.56 Å². The Morgan fingerprint density at radius 3 is 2.45 bits per heavy atom. The Morgan fingerprint density at radius 1 is 1.00 bits per heavy atom. The maximum atomic E-state index is 13.2. The van der Waals surface area contributed by atoms with Gasteiger partial charge in [-0.25, -0.2) is 0 Å². The van der Waals surface area contributed by atoms with Gasteiger partial charge in [0.15, 0.2) is 0 Å². The predicted molar refractivity (Wildman–Crippen MR) is 122 cm³/mol. The van der Waals surface area contributed by atoms with E-state index in [2.05, 4.69) is 61.0 Å². The van der Waals surface area contributed by atoms with Gasteiger partial charge in [0.05, 0.1) is 16.6 Å². The topological polar surface area (TPSA) is 26.8 Å². The normalized spacial score (nSPS) is 20.7. The number of carbonyl (C=O) groups is 1. The lowest BCUT2D eigenvalue weighted by molar-refractivity contribution is -0.137. The van der Waals surface area contributed by atoms with Gasteiger partial charge in [0, 0.05) is 43.7 Å². The van der Waals surface area contributed by atoms with Gasteiger partial charge >= 0.3 is 0 Å². The second kappa shape index (κ2) is 9.50. The van der Waals surface area contributed by atoms with Gasteiger partial charge in [0.2, 0.25) is 5.91 Å². The molecule has 1 unspecified atom stereocenters. The molecule has 2 aromatic carbocycles. The number of halogens is 2.